The van der Waals surface area contributed by atoms with E-state index in [9.17, 15) is 19.5 Å². The summed E-state index contributed by atoms with van der Waals surface area (Å²) in [5, 5.41) is 9.61. The summed E-state index contributed by atoms with van der Waals surface area (Å²) in [6.45, 7) is 7.84. The van der Waals surface area contributed by atoms with Gasteiger partial charge in [0.25, 0.3) is 0 Å². The molecule has 0 radical (unpaired) electrons. The van der Waals surface area contributed by atoms with Crippen LogP contribution in [0.1, 0.15) is 168 Å². The minimum absolute atomic E-state index is 0.0380. The number of ether oxygens (including phenoxy) is 2. The highest BCUT2D eigenvalue weighted by atomic mass is 16.6. The van der Waals surface area contributed by atoms with Crippen molar-refractivity contribution in [3.63, 3.8) is 0 Å². The number of rotatable bonds is 21. The number of hydrogen-bond acceptors (Lipinski definition) is 5. The Morgan fingerprint density at radius 1 is 0.837 bits per heavy atom. The molecular formula is C42H72NO6+. The third kappa shape index (κ3) is 10.7. The highest BCUT2D eigenvalue weighted by molar-refractivity contribution is 5.91. The van der Waals surface area contributed by atoms with Gasteiger partial charge in [-0.15, -0.1) is 0 Å². The third-order valence-corrected chi connectivity index (χ3v) is 13.5. The maximum atomic E-state index is 13.7. The number of quaternary nitrogens is 1. The Bertz CT molecular complexity index is 1120. The van der Waals surface area contributed by atoms with Gasteiger partial charge in [0.05, 0.1) is 20.5 Å². The van der Waals surface area contributed by atoms with E-state index >= 15 is 0 Å². The molecule has 7 heteroatoms. The first-order valence-electron chi connectivity index (χ1n) is 20.5. The molecule has 4 aliphatic carbocycles. The molecule has 49 heavy (non-hydrogen) atoms. The first-order chi connectivity index (χ1) is 23.4. The summed E-state index contributed by atoms with van der Waals surface area (Å²) in [7, 11) is 3.66. The van der Waals surface area contributed by atoms with E-state index in [2.05, 4.69) is 20.8 Å². The normalized spacial score (nSPS) is 30.2. The van der Waals surface area contributed by atoms with Crippen LogP contribution in [0, 0.1) is 28.6 Å². The monoisotopic (exact) mass is 687 g/mol. The Morgan fingerprint density at radius 3 is 2.06 bits per heavy atom. The van der Waals surface area contributed by atoms with Crippen LogP contribution >= 0.6 is 0 Å². The van der Waals surface area contributed by atoms with Crippen LogP contribution in [0.2, 0.25) is 0 Å². The summed E-state index contributed by atoms with van der Waals surface area (Å²) in [6, 6.07) is 0. The van der Waals surface area contributed by atoms with Gasteiger partial charge in [-0.2, -0.15) is 4.79 Å². The van der Waals surface area contributed by atoms with Crippen molar-refractivity contribution in [2.45, 2.75) is 181 Å². The maximum Gasteiger partial charge on any atom is 0.515 e. The quantitative estimate of drug-likeness (QED) is 0.0955. The van der Waals surface area contributed by atoms with Crippen LogP contribution in [0.4, 0.5) is 4.79 Å². The summed E-state index contributed by atoms with van der Waals surface area (Å²) >= 11 is 0. The van der Waals surface area contributed by atoms with E-state index in [0.717, 1.165) is 57.8 Å². The number of ketones is 1. The van der Waals surface area contributed by atoms with Crippen molar-refractivity contribution in [3.8, 4) is 0 Å². The van der Waals surface area contributed by atoms with Crippen LogP contribution < -0.4 is 0 Å². The third-order valence-electron chi connectivity index (χ3n) is 13.5. The average Bonchev–Trinajstić information content (AvgIpc) is 3.38. The van der Waals surface area contributed by atoms with Gasteiger partial charge in [-0.05, 0) is 80.6 Å². The van der Waals surface area contributed by atoms with Gasteiger partial charge in [0.2, 0.25) is 0 Å². The number of nitrogens with zero attached hydrogens (tertiary/aromatic N) is 1. The number of unbranched alkanes of at least 4 members (excludes halogenated alkanes) is 13. The number of aliphatic carboxylic acids is 1. The summed E-state index contributed by atoms with van der Waals surface area (Å²) in [5.41, 5.74) is 1.48. The average molecular weight is 687 g/mol. The zero-order chi connectivity index (χ0) is 35.5. The second-order valence-electron chi connectivity index (χ2n) is 17.5. The topological polar surface area (TPSA) is 89.9 Å². The van der Waals surface area contributed by atoms with Crippen molar-refractivity contribution >= 4 is 17.8 Å². The number of carbonyl (C=O) groups is 3. The molecule has 0 aliphatic heterocycles. The highest BCUT2D eigenvalue weighted by Gasteiger charge is 2.60. The Balaban J connectivity index is 1.17. The largest absolute Gasteiger partial charge is 0.515 e. The standard InChI is InChI=1S/C42H71NO6/c1-6-7-8-9-10-11-12-13-14-15-16-17-18-19-28-48-34(30-39(45)46)31-43(4,5)40(47)49-38-23-22-36-35-21-20-32-29-33(44)24-26-41(32,2)37(35)25-27-42(36,38)3/h29,34-38H,6-28,30-31H2,1-5H3/p+1/t34?,35-,36-,37-,38-,41-,42-/m0/s1. The number of carboxylic acid groups (broad SMARTS) is 1. The maximum absolute atomic E-state index is 13.7. The minimum atomic E-state index is -0.899. The number of carboxylic acids is 1. The smallest absolute Gasteiger partial charge is 0.481 e. The molecule has 4 aliphatic rings. The fourth-order valence-corrected chi connectivity index (χ4v) is 10.5. The molecule has 0 saturated heterocycles. The molecule has 0 aromatic rings. The summed E-state index contributed by atoms with van der Waals surface area (Å²) in [6.07, 6.45) is 27.0. The van der Waals surface area contributed by atoms with Gasteiger partial charge in [-0.1, -0.05) is 110 Å². The molecule has 0 bridgehead atoms. The van der Waals surface area contributed by atoms with Crippen molar-refractivity contribution in [2.75, 3.05) is 27.2 Å². The molecule has 0 spiro atoms. The van der Waals surface area contributed by atoms with Crippen molar-refractivity contribution in [3.05, 3.63) is 11.6 Å². The van der Waals surface area contributed by atoms with Gasteiger partial charge in [-0.25, -0.2) is 4.48 Å². The Kier molecular flexibility index (Phi) is 15.3. The van der Waals surface area contributed by atoms with Crippen molar-refractivity contribution in [1.29, 1.82) is 0 Å². The van der Waals surface area contributed by atoms with E-state index in [1.807, 2.05) is 20.2 Å². The van der Waals surface area contributed by atoms with Crippen molar-refractivity contribution < 1.29 is 33.4 Å². The highest BCUT2D eigenvalue weighted by Crippen LogP contribution is 2.65. The molecule has 3 saturated carbocycles. The molecule has 1 unspecified atom stereocenters. The Hall–Kier alpha value is -1.73. The van der Waals surface area contributed by atoms with Crippen LogP contribution in [-0.4, -0.2) is 66.9 Å². The lowest BCUT2D eigenvalue weighted by atomic mass is 9.47. The second kappa shape index (κ2) is 18.7. The molecule has 1 amide bonds. The lowest BCUT2D eigenvalue weighted by Crippen LogP contribution is -2.55. The van der Waals surface area contributed by atoms with Gasteiger partial charge < -0.3 is 14.6 Å². The first kappa shape index (κ1) is 40.0. The minimum Gasteiger partial charge on any atom is -0.481 e. The molecule has 280 valence electrons. The fourth-order valence-electron chi connectivity index (χ4n) is 10.5. The van der Waals surface area contributed by atoms with Crippen LogP contribution in [0.3, 0.4) is 0 Å². The number of hydrogen-bond donors (Lipinski definition) is 1. The predicted molar refractivity (Wildman–Crippen MR) is 196 cm³/mol. The molecule has 7 nitrogen and oxygen atoms in total. The van der Waals surface area contributed by atoms with Gasteiger partial charge in [0, 0.05) is 18.4 Å². The van der Waals surface area contributed by atoms with E-state index in [1.54, 1.807) is 0 Å². The molecule has 1 N–H and O–H groups in total. The van der Waals surface area contributed by atoms with E-state index in [-0.39, 0.29) is 40.5 Å². The van der Waals surface area contributed by atoms with E-state index < -0.39 is 12.1 Å². The number of allylic oxidation sites excluding steroid dienone is 1. The number of carbonyl (C=O) groups excluding carboxylic acids is 2. The number of amides is 1. The Labute approximate surface area is 298 Å². The number of fused-ring (bicyclic) bond motifs is 5. The molecular weight excluding hydrogens is 614 g/mol. The molecule has 0 aromatic heterocycles. The molecule has 7 atom stereocenters. The zero-order valence-electron chi connectivity index (χ0n) is 32.1. The Morgan fingerprint density at radius 2 is 1.45 bits per heavy atom. The molecule has 0 heterocycles. The van der Waals surface area contributed by atoms with Crippen LogP contribution in [0.15, 0.2) is 11.6 Å². The van der Waals surface area contributed by atoms with Gasteiger partial charge in [-0.3, -0.25) is 9.59 Å². The first-order valence-corrected chi connectivity index (χ1v) is 20.5. The van der Waals surface area contributed by atoms with E-state index in [1.165, 1.54) is 82.6 Å². The summed E-state index contributed by atoms with van der Waals surface area (Å²) < 4.78 is 12.5. The lowest BCUT2D eigenvalue weighted by molar-refractivity contribution is -0.821. The predicted octanol–water partition coefficient (Wildman–Crippen LogP) is 10.4. The van der Waals surface area contributed by atoms with Gasteiger partial charge >= 0.3 is 12.1 Å². The molecule has 0 aromatic carbocycles. The molecule has 3 fully saturated rings. The van der Waals surface area contributed by atoms with E-state index in [0.29, 0.717) is 36.6 Å². The second-order valence-corrected chi connectivity index (χ2v) is 17.5. The van der Waals surface area contributed by atoms with E-state index in [4.69, 9.17) is 9.47 Å². The zero-order valence-corrected chi connectivity index (χ0v) is 32.1. The number of likely N-dealkylation sites (N-methyl/N-ethyl adjacent to an activating group) is 1. The summed E-state index contributed by atoms with van der Waals surface area (Å²) in [4.78, 5) is 37.7. The molecule has 4 rings (SSSR count). The van der Waals surface area contributed by atoms with Crippen LogP contribution in [-0.2, 0) is 19.1 Å². The fraction of sp³-hybridized carbons (Fsp3) is 0.881. The van der Waals surface area contributed by atoms with Crippen molar-refractivity contribution in [2.24, 2.45) is 28.6 Å². The SMILES string of the molecule is CCCCCCCCCCCCCCCCOC(CC(=O)O)C[N+](C)(C)C(=O)O[C@H]1CC[C@H]2[C@@H]3CCC4=CC(=O)CC[C@]4(C)[C@H]3CC[C@]12C. The van der Waals surface area contributed by atoms with Gasteiger partial charge in [0.1, 0.15) is 18.8 Å². The van der Waals surface area contributed by atoms with Crippen molar-refractivity contribution in [1.82, 2.24) is 0 Å². The van der Waals surface area contributed by atoms with Crippen LogP contribution in [0.25, 0.3) is 0 Å². The van der Waals surface area contributed by atoms with Crippen LogP contribution in [0.5, 0.6) is 0 Å². The summed E-state index contributed by atoms with van der Waals surface area (Å²) in [5.74, 6) is 1.15. The van der Waals surface area contributed by atoms with Gasteiger partial charge in [0.15, 0.2) is 5.78 Å². The lowest BCUT2D eigenvalue weighted by Gasteiger charge is -2.57.